The average Bonchev–Trinajstić information content (AvgIpc) is 2.80. The van der Waals surface area contributed by atoms with Crippen molar-refractivity contribution < 1.29 is 9.52 Å². The van der Waals surface area contributed by atoms with E-state index in [9.17, 15) is 9.90 Å². The predicted octanol–water partition coefficient (Wildman–Crippen LogP) is 3.24. The van der Waals surface area contributed by atoms with Crippen LogP contribution in [0.25, 0.3) is 22.2 Å². The van der Waals surface area contributed by atoms with Gasteiger partial charge < -0.3 is 9.52 Å². The third-order valence-corrected chi connectivity index (χ3v) is 3.57. The lowest BCUT2D eigenvalue weighted by atomic mass is 10.1. The fourth-order valence-corrected chi connectivity index (χ4v) is 2.72. The molecular formula is C14H11NO3S. The van der Waals surface area contributed by atoms with Crippen molar-refractivity contribution in [1.82, 2.24) is 4.98 Å². The van der Waals surface area contributed by atoms with E-state index >= 15 is 0 Å². The van der Waals surface area contributed by atoms with E-state index in [1.165, 1.54) is 11.3 Å². The van der Waals surface area contributed by atoms with Crippen molar-refractivity contribution in [3.05, 3.63) is 44.6 Å². The lowest BCUT2D eigenvalue weighted by Crippen LogP contribution is -2.08. The van der Waals surface area contributed by atoms with Gasteiger partial charge in [-0.1, -0.05) is 0 Å². The predicted molar refractivity (Wildman–Crippen MR) is 74.7 cm³/mol. The molecule has 96 valence electrons. The Morgan fingerprint density at radius 2 is 2.11 bits per heavy atom. The first kappa shape index (κ1) is 11.9. The van der Waals surface area contributed by atoms with Crippen LogP contribution in [0.4, 0.5) is 0 Å². The Labute approximate surface area is 113 Å². The van der Waals surface area contributed by atoms with Gasteiger partial charge in [0.25, 0.3) is 0 Å². The summed E-state index contributed by atoms with van der Waals surface area (Å²) in [5.41, 5.74) is 3.65. The molecule has 3 aromatic rings. The number of aromatic nitrogens is 1. The number of fused-ring (bicyclic) bond motifs is 1. The normalized spacial score (nSPS) is 11.1. The van der Waals surface area contributed by atoms with Crippen LogP contribution in [0.5, 0.6) is 5.75 Å². The monoisotopic (exact) mass is 273 g/mol. The Kier molecular flexibility index (Phi) is 2.64. The molecule has 5 heteroatoms. The second-order valence-electron chi connectivity index (χ2n) is 4.39. The first-order valence-corrected chi connectivity index (χ1v) is 6.68. The molecule has 0 atom stereocenters. The lowest BCUT2D eigenvalue weighted by molar-refractivity contribution is 0.478. The fraction of sp³-hybridized carbons (Fsp3) is 0.143. The number of rotatable bonds is 1. The van der Waals surface area contributed by atoms with Crippen molar-refractivity contribution >= 4 is 22.3 Å². The highest BCUT2D eigenvalue weighted by Gasteiger charge is 2.17. The molecule has 0 amide bonds. The molecule has 0 spiro atoms. The summed E-state index contributed by atoms with van der Waals surface area (Å²) in [6.45, 7) is 3.57. The van der Waals surface area contributed by atoms with Gasteiger partial charge in [0.05, 0.1) is 16.8 Å². The molecule has 0 aliphatic rings. The van der Waals surface area contributed by atoms with Crippen LogP contribution in [-0.4, -0.2) is 10.1 Å². The van der Waals surface area contributed by atoms with Gasteiger partial charge in [-0.05, 0) is 31.5 Å². The summed E-state index contributed by atoms with van der Waals surface area (Å²) in [7, 11) is 0. The van der Waals surface area contributed by atoms with E-state index in [1.807, 2.05) is 6.92 Å². The van der Waals surface area contributed by atoms with E-state index in [0.717, 1.165) is 5.56 Å². The number of aromatic hydroxyl groups is 1. The number of phenolic OH excluding ortho intramolecular Hbond substituents is 1. The molecule has 0 radical (unpaired) electrons. The molecule has 0 saturated carbocycles. The number of benzene rings is 1. The zero-order valence-corrected chi connectivity index (χ0v) is 11.2. The van der Waals surface area contributed by atoms with Gasteiger partial charge in [-0.2, -0.15) is 0 Å². The number of aryl methyl sites for hydroxylation is 2. The highest BCUT2D eigenvalue weighted by molar-refractivity contribution is 7.07. The van der Waals surface area contributed by atoms with E-state index in [1.54, 1.807) is 29.9 Å². The zero-order chi connectivity index (χ0) is 13.6. The molecule has 0 aliphatic carbocycles. The first-order chi connectivity index (χ1) is 9.08. The molecule has 1 aromatic carbocycles. The number of nitrogens with zero attached hydrogens (tertiary/aromatic N) is 1. The fourth-order valence-electron chi connectivity index (χ4n) is 2.18. The quantitative estimate of drug-likeness (QED) is 0.739. The topological polar surface area (TPSA) is 63.3 Å². The number of thiazole rings is 1. The maximum atomic E-state index is 12.5. The highest BCUT2D eigenvalue weighted by atomic mass is 32.1. The minimum absolute atomic E-state index is 0.0553. The smallest absolute Gasteiger partial charge is 0.206 e. The Bertz CT molecular complexity index is 819. The minimum atomic E-state index is -0.248. The largest absolute Gasteiger partial charge is 0.507 e. The maximum Gasteiger partial charge on any atom is 0.206 e. The Balaban J connectivity index is 2.47. The SMILES string of the molecule is Cc1cc(O)c2c(=O)c(-c3cscn3)c(C)oc2c1. The Morgan fingerprint density at radius 1 is 1.32 bits per heavy atom. The van der Waals surface area contributed by atoms with Crippen LogP contribution >= 0.6 is 11.3 Å². The van der Waals surface area contributed by atoms with Crippen molar-refractivity contribution in [3.63, 3.8) is 0 Å². The Hall–Kier alpha value is -2.14. The Morgan fingerprint density at radius 3 is 2.79 bits per heavy atom. The van der Waals surface area contributed by atoms with Gasteiger partial charge in [-0.25, -0.2) is 4.98 Å². The standard InChI is InChI=1S/C14H11NO3S/c1-7-3-10(16)13-11(4-7)18-8(2)12(14(13)17)9-5-19-6-15-9/h3-6,16H,1-2H3. The van der Waals surface area contributed by atoms with Gasteiger partial charge in [-0.15, -0.1) is 11.3 Å². The van der Waals surface area contributed by atoms with Crippen LogP contribution in [0.2, 0.25) is 0 Å². The second-order valence-corrected chi connectivity index (χ2v) is 5.11. The molecule has 1 N–H and O–H groups in total. The van der Waals surface area contributed by atoms with Gasteiger partial charge in [-0.3, -0.25) is 4.79 Å². The highest BCUT2D eigenvalue weighted by Crippen LogP contribution is 2.29. The molecule has 0 aliphatic heterocycles. The maximum absolute atomic E-state index is 12.5. The summed E-state index contributed by atoms with van der Waals surface area (Å²) in [6, 6.07) is 3.30. The van der Waals surface area contributed by atoms with E-state index < -0.39 is 0 Å². The van der Waals surface area contributed by atoms with Crippen molar-refractivity contribution in [2.45, 2.75) is 13.8 Å². The van der Waals surface area contributed by atoms with Crippen LogP contribution in [0.1, 0.15) is 11.3 Å². The molecule has 0 saturated heterocycles. The van der Waals surface area contributed by atoms with Crippen LogP contribution < -0.4 is 5.43 Å². The number of phenols is 1. The molecule has 0 unspecified atom stereocenters. The van der Waals surface area contributed by atoms with E-state index in [-0.39, 0.29) is 16.6 Å². The first-order valence-electron chi connectivity index (χ1n) is 5.73. The van der Waals surface area contributed by atoms with Crippen LogP contribution in [0.15, 0.2) is 32.2 Å². The molecular weight excluding hydrogens is 262 g/mol. The van der Waals surface area contributed by atoms with Gasteiger partial charge in [0, 0.05) is 5.38 Å². The molecule has 2 heterocycles. The minimum Gasteiger partial charge on any atom is -0.507 e. The molecule has 2 aromatic heterocycles. The van der Waals surface area contributed by atoms with E-state index in [4.69, 9.17) is 4.42 Å². The van der Waals surface area contributed by atoms with Crippen molar-refractivity contribution in [2.24, 2.45) is 0 Å². The number of hydrogen-bond donors (Lipinski definition) is 1. The number of hydrogen-bond acceptors (Lipinski definition) is 5. The van der Waals surface area contributed by atoms with Gasteiger partial charge in [0.2, 0.25) is 5.43 Å². The molecule has 3 rings (SSSR count). The van der Waals surface area contributed by atoms with Gasteiger partial charge in [0.15, 0.2) is 0 Å². The van der Waals surface area contributed by atoms with Gasteiger partial charge >= 0.3 is 0 Å². The van der Waals surface area contributed by atoms with Crippen molar-refractivity contribution in [3.8, 4) is 17.0 Å². The summed E-state index contributed by atoms with van der Waals surface area (Å²) < 4.78 is 5.66. The summed E-state index contributed by atoms with van der Waals surface area (Å²) in [5.74, 6) is 0.452. The van der Waals surface area contributed by atoms with Crippen molar-refractivity contribution in [2.75, 3.05) is 0 Å². The molecule has 4 nitrogen and oxygen atoms in total. The lowest BCUT2D eigenvalue weighted by Gasteiger charge is -2.06. The van der Waals surface area contributed by atoms with E-state index in [2.05, 4.69) is 4.98 Å². The summed E-state index contributed by atoms with van der Waals surface area (Å²) >= 11 is 1.41. The summed E-state index contributed by atoms with van der Waals surface area (Å²) in [6.07, 6.45) is 0. The molecule has 19 heavy (non-hydrogen) atoms. The van der Waals surface area contributed by atoms with Crippen LogP contribution in [0.3, 0.4) is 0 Å². The third-order valence-electron chi connectivity index (χ3n) is 2.98. The zero-order valence-electron chi connectivity index (χ0n) is 10.4. The van der Waals surface area contributed by atoms with Crippen LogP contribution in [0, 0.1) is 13.8 Å². The van der Waals surface area contributed by atoms with Crippen molar-refractivity contribution in [1.29, 1.82) is 0 Å². The van der Waals surface area contributed by atoms with E-state index in [0.29, 0.717) is 22.6 Å². The summed E-state index contributed by atoms with van der Waals surface area (Å²) in [4.78, 5) is 16.7. The molecule has 0 bridgehead atoms. The average molecular weight is 273 g/mol. The summed E-state index contributed by atoms with van der Waals surface area (Å²) in [5, 5.41) is 12.0. The van der Waals surface area contributed by atoms with Gasteiger partial charge in [0.1, 0.15) is 22.5 Å². The molecule has 0 fully saturated rings. The second kappa shape index (κ2) is 4.20. The van der Waals surface area contributed by atoms with Crippen LogP contribution in [-0.2, 0) is 0 Å². The third kappa shape index (κ3) is 1.82.